The Labute approximate surface area is 86.9 Å². The summed E-state index contributed by atoms with van der Waals surface area (Å²) in [6.07, 6.45) is 1.65. The average Bonchev–Trinajstić information content (AvgIpc) is 2.21. The summed E-state index contributed by atoms with van der Waals surface area (Å²) in [5, 5.41) is 0. The van der Waals surface area contributed by atoms with Crippen molar-refractivity contribution in [3.05, 3.63) is 29.8 Å². The standard InChI is InChI=1S/C11H12F2O2/c1-2-3-7-10(14)15-11-8(12)5-4-6-9(11)13/h4-6H,2-3,7H2,1H3. The van der Waals surface area contributed by atoms with Gasteiger partial charge in [0, 0.05) is 6.42 Å². The van der Waals surface area contributed by atoms with Crippen LogP contribution in [0.25, 0.3) is 0 Å². The van der Waals surface area contributed by atoms with Gasteiger partial charge in [0.05, 0.1) is 0 Å². The normalized spacial score (nSPS) is 10.1. The number of ether oxygens (including phenoxy) is 1. The van der Waals surface area contributed by atoms with Crippen molar-refractivity contribution in [3.8, 4) is 5.75 Å². The number of rotatable bonds is 4. The highest BCUT2D eigenvalue weighted by Gasteiger charge is 2.13. The summed E-state index contributed by atoms with van der Waals surface area (Å²) in [4.78, 5) is 11.1. The Morgan fingerprint density at radius 3 is 2.47 bits per heavy atom. The molecule has 0 aliphatic carbocycles. The van der Waals surface area contributed by atoms with E-state index in [-0.39, 0.29) is 6.42 Å². The second-order valence-corrected chi connectivity index (χ2v) is 3.13. The Morgan fingerprint density at radius 2 is 1.93 bits per heavy atom. The van der Waals surface area contributed by atoms with Gasteiger partial charge in [-0.2, -0.15) is 0 Å². The lowest BCUT2D eigenvalue weighted by Crippen LogP contribution is -2.09. The van der Waals surface area contributed by atoms with E-state index in [0.29, 0.717) is 6.42 Å². The predicted molar refractivity (Wildman–Crippen MR) is 51.5 cm³/mol. The van der Waals surface area contributed by atoms with Gasteiger partial charge >= 0.3 is 5.97 Å². The third kappa shape index (κ3) is 3.31. The number of esters is 1. The van der Waals surface area contributed by atoms with Gasteiger partial charge < -0.3 is 4.74 Å². The van der Waals surface area contributed by atoms with Crippen molar-refractivity contribution in [1.82, 2.24) is 0 Å². The summed E-state index contributed by atoms with van der Waals surface area (Å²) in [5.74, 6) is -2.95. The zero-order valence-corrected chi connectivity index (χ0v) is 8.43. The first-order valence-electron chi connectivity index (χ1n) is 4.80. The third-order valence-corrected chi connectivity index (χ3v) is 1.87. The lowest BCUT2D eigenvalue weighted by atomic mass is 10.2. The first-order valence-corrected chi connectivity index (χ1v) is 4.80. The summed E-state index contributed by atoms with van der Waals surface area (Å²) < 4.78 is 30.6. The van der Waals surface area contributed by atoms with Crippen LogP contribution < -0.4 is 4.74 Å². The zero-order valence-electron chi connectivity index (χ0n) is 8.43. The maximum absolute atomic E-state index is 13.0. The number of para-hydroxylation sites is 1. The average molecular weight is 214 g/mol. The second kappa shape index (κ2) is 5.44. The summed E-state index contributed by atoms with van der Waals surface area (Å²) in [6.45, 7) is 1.91. The van der Waals surface area contributed by atoms with E-state index in [1.165, 1.54) is 6.07 Å². The minimum atomic E-state index is -0.861. The molecular weight excluding hydrogens is 202 g/mol. The van der Waals surface area contributed by atoms with Gasteiger partial charge in [-0.25, -0.2) is 8.78 Å². The van der Waals surface area contributed by atoms with Gasteiger partial charge in [0.1, 0.15) is 0 Å². The van der Waals surface area contributed by atoms with Gasteiger partial charge in [0.2, 0.25) is 5.75 Å². The van der Waals surface area contributed by atoms with Crippen molar-refractivity contribution >= 4 is 5.97 Å². The van der Waals surface area contributed by atoms with Crippen LogP contribution in [0.5, 0.6) is 5.75 Å². The lowest BCUT2D eigenvalue weighted by molar-refractivity contribution is -0.134. The summed E-state index contributed by atoms with van der Waals surface area (Å²) in [5.41, 5.74) is 0. The summed E-state index contributed by atoms with van der Waals surface area (Å²) >= 11 is 0. The quantitative estimate of drug-likeness (QED) is 0.568. The maximum Gasteiger partial charge on any atom is 0.311 e. The predicted octanol–water partition coefficient (Wildman–Crippen LogP) is 3.06. The number of benzene rings is 1. The van der Waals surface area contributed by atoms with Crippen LogP contribution in [-0.2, 0) is 4.79 Å². The number of carbonyl (C=O) groups is 1. The molecule has 82 valence electrons. The van der Waals surface area contributed by atoms with Crippen molar-refractivity contribution < 1.29 is 18.3 Å². The molecule has 1 aromatic carbocycles. The molecule has 0 aromatic heterocycles. The molecule has 2 nitrogen and oxygen atoms in total. The molecule has 0 unspecified atom stereocenters. The van der Waals surface area contributed by atoms with Crippen LogP contribution in [0, 0.1) is 11.6 Å². The molecule has 4 heteroatoms. The van der Waals surface area contributed by atoms with Crippen molar-refractivity contribution in [3.63, 3.8) is 0 Å². The van der Waals surface area contributed by atoms with Crippen molar-refractivity contribution in [2.24, 2.45) is 0 Å². The fourth-order valence-corrected chi connectivity index (χ4v) is 1.07. The van der Waals surface area contributed by atoms with Crippen LogP contribution in [-0.4, -0.2) is 5.97 Å². The molecule has 15 heavy (non-hydrogen) atoms. The highest BCUT2D eigenvalue weighted by molar-refractivity contribution is 5.72. The van der Waals surface area contributed by atoms with E-state index in [4.69, 9.17) is 0 Å². The molecule has 0 N–H and O–H groups in total. The van der Waals surface area contributed by atoms with Crippen LogP contribution in [0.3, 0.4) is 0 Å². The van der Waals surface area contributed by atoms with Gasteiger partial charge in [-0.3, -0.25) is 4.79 Å². The molecule has 0 amide bonds. The molecule has 0 aliphatic rings. The first-order chi connectivity index (χ1) is 7.15. The van der Waals surface area contributed by atoms with Crippen LogP contribution in [0.4, 0.5) is 8.78 Å². The molecule has 0 heterocycles. The first kappa shape index (κ1) is 11.6. The van der Waals surface area contributed by atoms with Crippen LogP contribution >= 0.6 is 0 Å². The molecule has 0 radical (unpaired) electrons. The molecule has 0 fully saturated rings. The lowest BCUT2D eigenvalue weighted by Gasteiger charge is -2.05. The number of carbonyl (C=O) groups excluding carboxylic acids is 1. The number of unbranched alkanes of at least 4 members (excludes halogenated alkanes) is 1. The molecule has 0 saturated heterocycles. The van der Waals surface area contributed by atoms with E-state index < -0.39 is 23.4 Å². The molecule has 0 aliphatic heterocycles. The van der Waals surface area contributed by atoms with Crippen LogP contribution in [0.2, 0.25) is 0 Å². The minimum Gasteiger partial charge on any atom is -0.420 e. The Kier molecular flexibility index (Phi) is 4.21. The van der Waals surface area contributed by atoms with Gasteiger partial charge in [-0.05, 0) is 18.6 Å². The monoisotopic (exact) mass is 214 g/mol. The fraction of sp³-hybridized carbons (Fsp3) is 0.364. The van der Waals surface area contributed by atoms with Crippen molar-refractivity contribution in [2.45, 2.75) is 26.2 Å². The minimum absolute atomic E-state index is 0.171. The highest BCUT2D eigenvalue weighted by atomic mass is 19.1. The largest absolute Gasteiger partial charge is 0.420 e. The molecule has 1 aromatic rings. The zero-order chi connectivity index (χ0) is 11.3. The Morgan fingerprint density at radius 1 is 1.33 bits per heavy atom. The van der Waals surface area contributed by atoms with Gasteiger partial charge in [0.15, 0.2) is 11.6 Å². The van der Waals surface area contributed by atoms with E-state index in [1.807, 2.05) is 6.92 Å². The van der Waals surface area contributed by atoms with E-state index in [0.717, 1.165) is 18.6 Å². The Balaban J connectivity index is 2.68. The second-order valence-electron chi connectivity index (χ2n) is 3.13. The molecule has 0 saturated carbocycles. The van der Waals surface area contributed by atoms with Gasteiger partial charge in [-0.1, -0.05) is 19.4 Å². The molecule has 0 spiro atoms. The number of hydrogen-bond acceptors (Lipinski definition) is 2. The van der Waals surface area contributed by atoms with E-state index in [2.05, 4.69) is 4.74 Å². The maximum atomic E-state index is 13.0. The molecule has 0 bridgehead atoms. The summed E-state index contributed by atoms with van der Waals surface area (Å²) in [7, 11) is 0. The molecule has 0 atom stereocenters. The van der Waals surface area contributed by atoms with Crippen molar-refractivity contribution in [2.75, 3.05) is 0 Å². The molecular formula is C11H12F2O2. The van der Waals surface area contributed by atoms with Crippen LogP contribution in [0.1, 0.15) is 26.2 Å². The fourth-order valence-electron chi connectivity index (χ4n) is 1.07. The number of hydrogen-bond donors (Lipinski definition) is 0. The molecule has 1 rings (SSSR count). The van der Waals surface area contributed by atoms with E-state index >= 15 is 0 Å². The smallest absolute Gasteiger partial charge is 0.311 e. The van der Waals surface area contributed by atoms with E-state index in [1.54, 1.807) is 0 Å². The number of halogens is 2. The summed E-state index contributed by atoms with van der Waals surface area (Å²) in [6, 6.07) is 3.31. The Bertz CT molecular complexity index is 330. The van der Waals surface area contributed by atoms with Gasteiger partial charge in [0.25, 0.3) is 0 Å². The van der Waals surface area contributed by atoms with Gasteiger partial charge in [-0.15, -0.1) is 0 Å². The highest BCUT2D eigenvalue weighted by Crippen LogP contribution is 2.21. The van der Waals surface area contributed by atoms with Crippen molar-refractivity contribution in [1.29, 1.82) is 0 Å². The van der Waals surface area contributed by atoms with E-state index in [9.17, 15) is 13.6 Å². The topological polar surface area (TPSA) is 26.3 Å². The Hall–Kier alpha value is -1.45. The van der Waals surface area contributed by atoms with Crippen LogP contribution in [0.15, 0.2) is 18.2 Å². The third-order valence-electron chi connectivity index (χ3n) is 1.87. The SMILES string of the molecule is CCCCC(=O)Oc1c(F)cccc1F.